The van der Waals surface area contributed by atoms with Crippen molar-refractivity contribution < 1.29 is 4.74 Å². The molecule has 172 valence electrons. The Hall–Kier alpha value is -3.29. The van der Waals surface area contributed by atoms with Crippen molar-refractivity contribution in [1.29, 1.82) is 0 Å². The number of hydrogen-bond acceptors (Lipinski definition) is 5. The normalized spacial score (nSPS) is 15.9. The zero-order valence-electron chi connectivity index (χ0n) is 19.1. The fourth-order valence-corrected chi connectivity index (χ4v) is 5.65. The van der Waals surface area contributed by atoms with Crippen LogP contribution >= 0.6 is 11.6 Å². The lowest BCUT2D eigenvalue weighted by molar-refractivity contribution is 0.0553. The number of pyridine rings is 2. The average Bonchev–Trinajstić information content (AvgIpc) is 3.38. The van der Waals surface area contributed by atoms with Crippen molar-refractivity contribution in [2.45, 2.75) is 25.8 Å². The molecule has 1 aliphatic rings. The van der Waals surface area contributed by atoms with Gasteiger partial charge < -0.3 is 9.30 Å². The van der Waals surface area contributed by atoms with Crippen molar-refractivity contribution in [3.05, 3.63) is 71.3 Å². The summed E-state index contributed by atoms with van der Waals surface area (Å²) in [6.07, 6.45) is 5.62. The zero-order chi connectivity index (χ0) is 23.2. The molecule has 0 aliphatic carbocycles. The zero-order valence-corrected chi connectivity index (χ0v) is 19.9. The van der Waals surface area contributed by atoms with Crippen LogP contribution in [0.3, 0.4) is 0 Å². The Morgan fingerprint density at radius 3 is 2.62 bits per heavy atom. The largest absolute Gasteiger partial charge is 0.381 e. The summed E-state index contributed by atoms with van der Waals surface area (Å²) in [5, 5.41) is 9.93. The number of hydrogen-bond donors (Lipinski definition) is 0. The van der Waals surface area contributed by atoms with Gasteiger partial charge in [-0.2, -0.15) is 0 Å². The van der Waals surface area contributed by atoms with Crippen molar-refractivity contribution >= 4 is 33.5 Å². The highest BCUT2D eigenvalue weighted by atomic mass is 35.5. The van der Waals surface area contributed by atoms with Gasteiger partial charge in [-0.05, 0) is 43.4 Å². The molecule has 0 N–H and O–H groups in total. The maximum Gasteiger partial charge on any atom is 0.153 e. The Morgan fingerprint density at radius 1 is 1.09 bits per heavy atom. The summed E-state index contributed by atoms with van der Waals surface area (Å²) in [5.41, 5.74) is 6.92. The highest BCUT2D eigenvalue weighted by Crippen LogP contribution is 2.42. The predicted octanol–water partition coefficient (Wildman–Crippen LogP) is 5.36. The summed E-state index contributed by atoms with van der Waals surface area (Å²) in [7, 11) is 1.91. The number of nitrogens with zero attached hydrogens (tertiary/aromatic N) is 6. The summed E-state index contributed by atoms with van der Waals surface area (Å²) < 4.78 is 9.88. The molecule has 6 rings (SSSR count). The summed E-state index contributed by atoms with van der Waals surface area (Å²) in [4.78, 5) is 9.38. The molecule has 1 fully saturated rings. The highest BCUT2D eigenvalue weighted by molar-refractivity contribution is 6.35. The number of ether oxygens (including phenoxy) is 1. The minimum absolute atomic E-state index is 0.0783. The molecule has 1 unspecified atom stereocenters. The first-order valence-corrected chi connectivity index (χ1v) is 11.9. The van der Waals surface area contributed by atoms with Gasteiger partial charge in [-0.1, -0.05) is 47.1 Å². The van der Waals surface area contributed by atoms with Gasteiger partial charge in [0.15, 0.2) is 5.15 Å². The van der Waals surface area contributed by atoms with Crippen molar-refractivity contribution in [3.8, 4) is 11.3 Å². The number of halogens is 1. The van der Waals surface area contributed by atoms with Gasteiger partial charge in [0.1, 0.15) is 0 Å². The van der Waals surface area contributed by atoms with Gasteiger partial charge in [0.2, 0.25) is 0 Å². The van der Waals surface area contributed by atoms with Crippen LogP contribution in [0.2, 0.25) is 5.15 Å². The van der Waals surface area contributed by atoms with Crippen LogP contribution in [0.15, 0.2) is 54.9 Å². The number of fused-ring (bicyclic) bond motifs is 3. The fraction of sp³-hybridized carbons (Fsp3) is 0.308. The van der Waals surface area contributed by atoms with Crippen molar-refractivity contribution in [2.24, 2.45) is 13.0 Å². The lowest BCUT2D eigenvalue weighted by Crippen LogP contribution is -2.27. The number of aromatic nitrogens is 6. The van der Waals surface area contributed by atoms with E-state index >= 15 is 0 Å². The lowest BCUT2D eigenvalue weighted by atomic mass is 9.86. The molecule has 0 saturated carbocycles. The molecule has 0 spiro atoms. The second kappa shape index (κ2) is 8.49. The van der Waals surface area contributed by atoms with E-state index < -0.39 is 0 Å². The van der Waals surface area contributed by atoms with Crippen LogP contribution in [0.5, 0.6) is 0 Å². The van der Waals surface area contributed by atoms with E-state index in [-0.39, 0.29) is 6.04 Å². The highest BCUT2D eigenvalue weighted by Gasteiger charge is 2.31. The molecule has 1 saturated heterocycles. The van der Waals surface area contributed by atoms with E-state index in [2.05, 4.69) is 56.3 Å². The second-order valence-corrected chi connectivity index (χ2v) is 9.27. The van der Waals surface area contributed by atoms with E-state index in [0.717, 1.165) is 64.9 Å². The smallest absolute Gasteiger partial charge is 0.153 e. The minimum Gasteiger partial charge on any atom is -0.381 e. The van der Waals surface area contributed by atoms with Crippen LogP contribution in [0, 0.1) is 12.8 Å². The molecule has 7 nitrogen and oxygen atoms in total. The number of aryl methyl sites for hydroxylation is 2. The first kappa shape index (κ1) is 21.3. The number of rotatable bonds is 4. The summed E-state index contributed by atoms with van der Waals surface area (Å²) >= 11 is 6.79. The van der Waals surface area contributed by atoms with E-state index in [1.165, 1.54) is 5.56 Å². The van der Waals surface area contributed by atoms with Gasteiger partial charge in [-0.25, -0.2) is 9.67 Å². The molecule has 5 aromatic rings. The third-order valence-electron chi connectivity index (χ3n) is 6.90. The molecule has 34 heavy (non-hydrogen) atoms. The van der Waals surface area contributed by atoms with E-state index in [1.807, 2.05) is 26.2 Å². The molecule has 0 radical (unpaired) electrons. The molecular formula is C26H25ClN6O. The Labute approximate surface area is 202 Å². The van der Waals surface area contributed by atoms with Gasteiger partial charge in [0.25, 0.3) is 0 Å². The molecular weight excluding hydrogens is 448 g/mol. The Bertz CT molecular complexity index is 1470. The monoisotopic (exact) mass is 472 g/mol. The quantitative estimate of drug-likeness (QED) is 0.329. The predicted molar refractivity (Wildman–Crippen MR) is 133 cm³/mol. The van der Waals surface area contributed by atoms with Crippen LogP contribution in [0.4, 0.5) is 0 Å². The van der Waals surface area contributed by atoms with E-state index in [1.54, 1.807) is 10.9 Å². The molecule has 1 aromatic carbocycles. The van der Waals surface area contributed by atoms with E-state index in [0.29, 0.717) is 11.1 Å². The van der Waals surface area contributed by atoms with Crippen molar-refractivity contribution in [3.63, 3.8) is 0 Å². The van der Waals surface area contributed by atoms with Gasteiger partial charge >= 0.3 is 0 Å². The van der Waals surface area contributed by atoms with E-state index in [4.69, 9.17) is 21.3 Å². The Balaban J connectivity index is 1.69. The summed E-state index contributed by atoms with van der Waals surface area (Å²) in [6, 6.07) is 14.9. The second-order valence-electron chi connectivity index (χ2n) is 8.91. The van der Waals surface area contributed by atoms with Gasteiger partial charge in [0.05, 0.1) is 34.0 Å². The molecule has 1 atom stereocenters. The van der Waals surface area contributed by atoms with Crippen LogP contribution in [0.25, 0.3) is 33.2 Å². The Morgan fingerprint density at radius 2 is 1.88 bits per heavy atom. The van der Waals surface area contributed by atoms with Crippen molar-refractivity contribution in [2.75, 3.05) is 13.2 Å². The van der Waals surface area contributed by atoms with Crippen molar-refractivity contribution in [1.82, 2.24) is 29.5 Å². The molecule has 1 aliphatic heterocycles. The van der Waals surface area contributed by atoms with Gasteiger partial charge in [0, 0.05) is 43.6 Å². The van der Waals surface area contributed by atoms with E-state index in [9.17, 15) is 0 Å². The van der Waals surface area contributed by atoms with Gasteiger partial charge in [-0.3, -0.25) is 4.98 Å². The van der Waals surface area contributed by atoms with Crippen LogP contribution in [-0.4, -0.2) is 42.7 Å². The van der Waals surface area contributed by atoms with Gasteiger partial charge in [-0.15, -0.1) is 5.10 Å². The summed E-state index contributed by atoms with van der Waals surface area (Å²) in [6.45, 7) is 3.50. The third kappa shape index (κ3) is 3.38. The Kier molecular flexibility index (Phi) is 5.31. The molecule has 4 aromatic heterocycles. The summed E-state index contributed by atoms with van der Waals surface area (Å²) in [5.74, 6) is 0.398. The maximum atomic E-state index is 6.79. The first-order chi connectivity index (χ1) is 16.6. The molecule has 0 amide bonds. The fourth-order valence-electron chi connectivity index (χ4n) is 5.40. The lowest BCUT2D eigenvalue weighted by Gasteiger charge is -2.33. The van der Waals surface area contributed by atoms with Crippen LogP contribution in [-0.2, 0) is 11.8 Å². The molecule has 5 heterocycles. The number of benzene rings is 1. The molecule has 0 bridgehead atoms. The first-order valence-electron chi connectivity index (χ1n) is 11.6. The topological polar surface area (TPSA) is 70.7 Å². The SMILES string of the molecule is Cc1nnn(C)c1-c1cnc2c3ccnc(Cl)c3n(C(c3ccccc3)C3CCOCC3)c2c1. The molecule has 8 heteroatoms. The standard InChI is InChI=1S/C26H25ClN6O/c1-16-23(32(2)31-30-16)19-14-21-22(29-15-19)20-8-11-28-26(27)25(20)33(21)24(17-6-4-3-5-7-17)18-9-12-34-13-10-18/h3-8,11,14-15,18,24H,9-10,12-13H2,1-2H3. The van der Waals surface area contributed by atoms with Crippen LogP contribution < -0.4 is 0 Å². The van der Waals surface area contributed by atoms with Crippen LogP contribution in [0.1, 0.15) is 30.1 Å². The average molecular weight is 473 g/mol. The third-order valence-corrected chi connectivity index (χ3v) is 7.18. The maximum absolute atomic E-state index is 6.79. The minimum atomic E-state index is 0.0783.